The molecule has 1 aliphatic carbocycles. The second kappa shape index (κ2) is 5.14. The molecule has 1 aliphatic rings. The van der Waals surface area contributed by atoms with Gasteiger partial charge in [-0.1, -0.05) is 53.7 Å². The van der Waals surface area contributed by atoms with Crippen molar-refractivity contribution in [1.82, 2.24) is 0 Å². The lowest BCUT2D eigenvalue weighted by atomic mass is 9.77. The minimum absolute atomic E-state index is 0.0446. The van der Waals surface area contributed by atoms with E-state index in [2.05, 4.69) is 41.5 Å². The van der Waals surface area contributed by atoms with E-state index >= 15 is 0 Å². The van der Waals surface area contributed by atoms with Crippen LogP contribution in [0.4, 0.5) is 0 Å². The Morgan fingerprint density at radius 2 is 0.875 bits per heavy atom. The van der Waals surface area contributed by atoms with Crippen LogP contribution in [0.2, 0.25) is 0 Å². The lowest BCUT2D eigenvalue weighted by Gasteiger charge is -2.25. The van der Waals surface area contributed by atoms with Gasteiger partial charge in [0.15, 0.2) is 11.6 Å². The van der Waals surface area contributed by atoms with Crippen molar-refractivity contribution >= 4 is 11.6 Å². The van der Waals surface area contributed by atoms with Crippen LogP contribution in [-0.4, -0.2) is 11.6 Å². The summed E-state index contributed by atoms with van der Waals surface area (Å²) in [5.74, 6) is -0.0997. The van der Waals surface area contributed by atoms with Gasteiger partial charge in [-0.3, -0.25) is 9.59 Å². The number of ketones is 2. The first-order valence-electron chi connectivity index (χ1n) is 8.38. The van der Waals surface area contributed by atoms with E-state index in [1.54, 1.807) is 12.1 Å². The third kappa shape index (κ3) is 2.60. The molecule has 0 saturated carbocycles. The fourth-order valence-corrected chi connectivity index (χ4v) is 3.08. The van der Waals surface area contributed by atoms with Gasteiger partial charge >= 0.3 is 0 Å². The third-order valence-corrected chi connectivity index (χ3v) is 4.75. The highest BCUT2D eigenvalue weighted by molar-refractivity contribution is 6.28. The molecule has 2 nitrogen and oxygen atoms in total. The molecule has 2 aromatic rings. The quantitative estimate of drug-likeness (QED) is 0.580. The Labute approximate surface area is 143 Å². The lowest BCUT2D eigenvalue weighted by molar-refractivity contribution is 0.0979. The van der Waals surface area contributed by atoms with Crippen molar-refractivity contribution in [2.75, 3.05) is 0 Å². The number of rotatable bonds is 0. The van der Waals surface area contributed by atoms with Gasteiger partial charge in [0.05, 0.1) is 0 Å². The first kappa shape index (κ1) is 16.6. The summed E-state index contributed by atoms with van der Waals surface area (Å²) in [5.41, 5.74) is 4.11. The Balaban J connectivity index is 2.20. The van der Waals surface area contributed by atoms with Gasteiger partial charge in [-0.2, -0.15) is 0 Å². The summed E-state index contributed by atoms with van der Waals surface area (Å²) in [5, 5.41) is 0. The molecule has 0 radical (unpaired) electrons. The Morgan fingerprint density at radius 1 is 0.542 bits per heavy atom. The van der Waals surface area contributed by atoms with Crippen molar-refractivity contribution in [3.05, 3.63) is 69.8 Å². The fraction of sp³-hybridized carbons (Fsp3) is 0.364. The molecule has 3 rings (SSSR count). The zero-order valence-electron chi connectivity index (χ0n) is 15.3. The predicted molar refractivity (Wildman–Crippen MR) is 97.1 cm³/mol. The van der Waals surface area contributed by atoms with Crippen molar-refractivity contribution in [3.8, 4) is 0 Å². The van der Waals surface area contributed by atoms with Crippen LogP contribution in [-0.2, 0) is 10.8 Å². The lowest BCUT2D eigenvalue weighted by Crippen LogP contribution is -2.24. The van der Waals surface area contributed by atoms with Crippen molar-refractivity contribution in [2.45, 2.75) is 52.4 Å². The molecule has 2 heteroatoms. The summed E-state index contributed by atoms with van der Waals surface area (Å²) >= 11 is 0. The molecule has 24 heavy (non-hydrogen) atoms. The van der Waals surface area contributed by atoms with Crippen LogP contribution in [0.1, 0.15) is 84.5 Å². The summed E-state index contributed by atoms with van der Waals surface area (Å²) < 4.78 is 0. The molecule has 0 N–H and O–H groups in total. The highest BCUT2D eigenvalue weighted by atomic mass is 16.1. The van der Waals surface area contributed by atoms with Crippen LogP contribution in [0.3, 0.4) is 0 Å². The Bertz CT molecular complexity index is 789. The number of benzene rings is 2. The molecule has 0 saturated heterocycles. The van der Waals surface area contributed by atoms with E-state index in [0.717, 1.165) is 11.1 Å². The molecular weight excluding hydrogens is 296 g/mol. The molecule has 0 fully saturated rings. The van der Waals surface area contributed by atoms with Gasteiger partial charge in [0.25, 0.3) is 0 Å². The normalized spacial score (nSPS) is 14.4. The summed E-state index contributed by atoms with van der Waals surface area (Å²) in [4.78, 5) is 25.9. The summed E-state index contributed by atoms with van der Waals surface area (Å²) in [6.07, 6.45) is 0. The van der Waals surface area contributed by atoms with Gasteiger partial charge in [-0.15, -0.1) is 0 Å². The zero-order valence-corrected chi connectivity index (χ0v) is 15.3. The fourth-order valence-electron chi connectivity index (χ4n) is 3.08. The van der Waals surface area contributed by atoms with Crippen molar-refractivity contribution in [1.29, 1.82) is 0 Å². The van der Waals surface area contributed by atoms with Gasteiger partial charge in [0, 0.05) is 22.3 Å². The van der Waals surface area contributed by atoms with Crippen molar-refractivity contribution < 1.29 is 9.59 Å². The van der Waals surface area contributed by atoms with Crippen molar-refractivity contribution in [2.24, 2.45) is 0 Å². The first-order chi connectivity index (χ1) is 11.0. The average Bonchev–Trinajstić information content (AvgIpc) is 2.49. The maximum Gasteiger partial charge on any atom is 0.194 e. The molecule has 0 unspecified atom stereocenters. The maximum absolute atomic E-state index is 13.1. The number of hydrogen-bond acceptors (Lipinski definition) is 2. The Hall–Kier alpha value is -2.22. The largest absolute Gasteiger partial charge is 0.289 e. The zero-order chi connectivity index (χ0) is 17.9. The average molecular weight is 320 g/mol. The standard InChI is InChI=1S/C22H24O2/c1-21(2,3)13-7-9-15-17(11-13)20(24)18-12-14(22(4,5)6)8-10-16(18)19(15)23/h7-12H,1-6H3. The number of carbonyl (C=O) groups excluding carboxylic acids is 2. The van der Waals surface area contributed by atoms with E-state index in [-0.39, 0.29) is 22.4 Å². The van der Waals surface area contributed by atoms with Gasteiger partial charge < -0.3 is 0 Å². The third-order valence-electron chi connectivity index (χ3n) is 4.75. The summed E-state index contributed by atoms with van der Waals surface area (Å²) in [6.45, 7) is 12.6. The molecule has 0 bridgehead atoms. The second-order valence-electron chi connectivity index (χ2n) is 8.68. The first-order valence-corrected chi connectivity index (χ1v) is 8.38. The Kier molecular flexibility index (Phi) is 3.56. The molecular formula is C22H24O2. The maximum atomic E-state index is 13.1. The van der Waals surface area contributed by atoms with Gasteiger partial charge in [0.2, 0.25) is 0 Å². The molecule has 0 heterocycles. The smallest absolute Gasteiger partial charge is 0.194 e. The van der Waals surface area contributed by atoms with E-state index < -0.39 is 0 Å². The summed E-state index contributed by atoms with van der Waals surface area (Å²) in [7, 11) is 0. The van der Waals surface area contributed by atoms with Crippen LogP contribution >= 0.6 is 0 Å². The summed E-state index contributed by atoms with van der Waals surface area (Å²) in [6, 6.07) is 11.3. The minimum Gasteiger partial charge on any atom is -0.289 e. The molecule has 124 valence electrons. The molecule has 0 atom stereocenters. The number of carbonyl (C=O) groups is 2. The van der Waals surface area contributed by atoms with E-state index in [0.29, 0.717) is 22.3 Å². The van der Waals surface area contributed by atoms with Crippen LogP contribution in [0.25, 0.3) is 0 Å². The number of hydrogen-bond donors (Lipinski definition) is 0. The second-order valence-corrected chi connectivity index (χ2v) is 8.68. The van der Waals surface area contributed by atoms with Gasteiger partial charge in [-0.05, 0) is 46.2 Å². The minimum atomic E-state index is -0.0636. The monoisotopic (exact) mass is 320 g/mol. The predicted octanol–water partition coefficient (Wildman–Crippen LogP) is 5.06. The van der Waals surface area contributed by atoms with E-state index in [9.17, 15) is 9.59 Å². The van der Waals surface area contributed by atoms with Crippen molar-refractivity contribution in [3.63, 3.8) is 0 Å². The number of fused-ring (bicyclic) bond motifs is 2. The van der Waals surface area contributed by atoms with Gasteiger partial charge in [0.1, 0.15) is 0 Å². The van der Waals surface area contributed by atoms with Gasteiger partial charge in [-0.25, -0.2) is 0 Å². The topological polar surface area (TPSA) is 34.1 Å². The SMILES string of the molecule is CC(C)(C)c1ccc2c(c1)C(=O)c1cc(C(C)(C)C)ccc1C2=O. The molecule has 0 aromatic heterocycles. The highest BCUT2D eigenvalue weighted by Crippen LogP contribution is 2.33. The molecule has 2 aromatic carbocycles. The van der Waals surface area contributed by atoms with Crippen LogP contribution in [0.5, 0.6) is 0 Å². The molecule has 0 amide bonds. The highest BCUT2D eigenvalue weighted by Gasteiger charge is 2.31. The van der Waals surface area contributed by atoms with E-state index in [1.807, 2.05) is 24.3 Å². The Morgan fingerprint density at radius 3 is 1.21 bits per heavy atom. The van der Waals surface area contributed by atoms with E-state index in [1.165, 1.54) is 0 Å². The van der Waals surface area contributed by atoms with Crippen LogP contribution in [0.15, 0.2) is 36.4 Å². The molecule has 0 aliphatic heterocycles. The van der Waals surface area contributed by atoms with Crippen LogP contribution < -0.4 is 0 Å². The van der Waals surface area contributed by atoms with E-state index in [4.69, 9.17) is 0 Å². The molecule has 0 spiro atoms. The van der Waals surface area contributed by atoms with Crippen LogP contribution in [0, 0.1) is 0 Å².